The Morgan fingerprint density at radius 1 is 0.371 bits per heavy atom. The lowest BCUT2D eigenvalue weighted by Crippen LogP contribution is -2.15. The number of hydrogen-bond donors (Lipinski definition) is 0. The fraction of sp³-hybridized carbons (Fsp3) is 1.00. The molecule has 35 heavy (non-hydrogen) atoms. The van der Waals surface area contributed by atoms with E-state index in [1.54, 1.807) is 0 Å². The molecule has 0 aromatic carbocycles. The molecule has 0 N–H and O–H groups in total. The van der Waals surface area contributed by atoms with Crippen molar-refractivity contribution < 1.29 is 42.6 Å². The number of alkyl halides is 1. The second-order valence-corrected chi connectivity index (χ2v) is 9.00. The maximum atomic E-state index is 5.55. The van der Waals surface area contributed by atoms with Crippen molar-refractivity contribution in [1.82, 2.24) is 0 Å². The number of halogens is 1. The summed E-state index contributed by atoms with van der Waals surface area (Å²) in [6, 6.07) is 0. The van der Waals surface area contributed by atoms with Crippen LogP contribution in [0.2, 0.25) is 0 Å². The van der Waals surface area contributed by atoms with Gasteiger partial charge >= 0.3 is 0 Å². The van der Waals surface area contributed by atoms with E-state index in [1.807, 2.05) is 13.8 Å². The fourth-order valence-corrected chi connectivity index (χ4v) is 3.18. The molecule has 0 saturated heterocycles. The second-order valence-electron chi connectivity index (χ2n) is 7.92. The van der Waals surface area contributed by atoms with Gasteiger partial charge in [-0.1, -0.05) is 35.4 Å². The van der Waals surface area contributed by atoms with E-state index in [2.05, 4.69) is 22.6 Å². The molecule has 212 valence electrons. The summed E-state index contributed by atoms with van der Waals surface area (Å²) in [6.45, 7) is 14.0. The van der Waals surface area contributed by atoms with Crippen molar-refractivity contribution in [1.29, 1.82) is 0 Å². The quantitative estimate of drug-likeness (QED) is 0.0656. The lowest BCUT2D eigenvalue weighted by molar-refractivity contribution is -0.0269. The molecule has 0 aliphatic carbocycles. The normalized spacial score (nSPS) is 11.7. The molecule has 0 heterocycles. The summed E-state index contributed by atoms with van der Waals surface area (Å²) in [5.74, 6) is 0. The molecule has 10 heteroatoms. The number of unbranched alkanes of at least 4 members (excludes halogenated alkanes) is 3. The third kappa shape index (κ3) is 34.4. The average Bonchev–Trinajstić information content (AvgIpc) is 2.85. The van der Waals surface area contributed by atoms with Gasteiger partial charge in [0.05, 0.1) is 112 Å². The van der Waals surface area contributed by atoms with Gasteiger partial charge in [0, 0.05) is 6.61 Å². The van der Waals surface area contributed by atoms with Gasteiger partial charge in [-0.25, -0.2) is 0 Å². The number of ether oxygens (including phenoxy) is 9. The molecular formula is C25H51IO9. The van der Waals surface area contributed by atoms with Crippen molar-refractivity contribution in [2.24, 2.45) is 0 Å². The van der Waals surface area contributed by atoms with Crippen LogP contribution in [0.1, 0.15) is 39.5 Å². The molecule has 0 spiro atoms. The summed E-state index contributed by atoms with van der Waals surface area (Å²) in [5.41, 5.74) is 0. The van der Waals surface area contributed by atoms with Gasteiger partial charge in [-0.05, 0) is 31.1 Å². The van der Waals surface area contributed by atoms with Crippen molar-refractivity contribution in [3.05, 3.63) is 0 Å². The topological polar surface area (TPSA) is 83.1 Å². The average molecular weight is 623 g/mol. The van der Waals surface area contributed by atoms with Gasteiger partial charge in [0.2, 0.25) is 0 Å². The summed E-state index contributed by atoms with van der Waals surface area (Å²) in [6.07, 6.45) is 5.24. The molecule has 0 aromatic rings. The Labute approximate surface area is 227 Å². The number of hydrogen-bond acceptors (Lipinski definition) is 9. The van der Waals surface area contributed by atoms with Crippen molar-refractivity contribution in [3.8, 4) is 0 Å². The molecule has 0 rings (SSSR count). The first-order chi connectivity index (χ1) is 17.3. The van der Waals surface area contributed by atoms with Gasteiger partial charge in [-0.15, -0.1) is 0 Å². The van der Waals surface area contributed by atoms with Crippen LogP contribution in [0, 0.1) is 0 Å². The number of rotatable bonds is 31. The summed E-state index contributed by atoms with van der Waals surface area (Å²) in [5, 5.41) is 0. The summed E-state index contributed by atoms with van der Waals surface area (Å²) >= 11 is 2.42. The first kappa shape index (κ1) is 35.4. The highest BCUT2D eigenvalue weighted by Crippen LogP contribution is 2.02. The summed E-state index contributed by atoms with van der Waals surface area (Å²) in [7, 11) is 0. The van der Waals surface area contributed by atoms with Crippen LogP contribution < -0.4 is 0 Å². The van der Waals surface area contributed by atoms with E-state index in [4.69, 9.17) is 42.6 Å². The largest absolute Gasteiger partial charge is 0.379 e. The third-order valence-electron chi connectivity index (χ3n) is 4.46. The van der Waals surface area contributed by atoms with E-state index in [1.165, 1.54) is 23.7 Å². The summed E-state index contributed by atoms with van der Waals surface area (Å²) < 4.78 is 50.3. The molecule has 0 bridgehead atoms. The Morgan fingerprint density at radius 3 is 0.971 bits per heavy atom. The van der Waals surface area contributed by atoms with E-state index >= 15 is 0 Å². The van der Waals surface area contributed by atoms with E-state index < -0.39 is 0 Å². The highest BCUT2D eigenvalue weighted by molar-refractivity contribution is 14.1. The van der Waals surface area contributed by atoms with Crippen molar-refractivity contribution in [2.75, 3.05) is 117 Å². The van der Waals surface area contributed by atoms with Crippen molar-refractivity contribution >= 4 is 22.6 Å². The molecule has 0 aliphatic rings. The molecule has 9 nitrogen and oxygen atoms in total. The predicted octanol–water partition coefficient (Wildman–Crippen LogP) is 3.54. The van der Waals surface area contributed by atoms with Crippen LogP contribution in [0.25, 0.3) is 0 Å². The fourth-order valence-electron chi connectivity index (χ4n) is 2.64. The van der Waals surface area contributed by atoms with Crippen molar-refractivity contribution in [3.63, 3.8) is 0 Å². The lowest BCUT2D eigenvalue weighted by Gasteiger charge is -2.09. The molecule has 0 aliphatic heterocycles. The van der Waals surface area contributed by atoms with Crippen LogP contribution in [0.15, 0.2) is 0 Å². The van der Waals surface area contributed by atoms with Crippen LogP contribution in [0.3, 0.4) is 0 Å². The van der Waals surface area contributed by atoms with Crippen LogP contribution in [0.4, 0.5) is 0 Å². The minimum atomic E-state index is 0.240. The zero-order valence-corrected chi connectivity index (χ0v) is 24.3. The van der Waals surface area contributed by atoms with Gasteiger partial charge in [0.15, 0.2) is 0 Å². The first-order valence-corrected chi connectivity index (χ1v) is 14.6. The molecular weight excluding hydrogens is 571 g/mol. The molecule has 0 aromatic heterocycles. The smallest absolute Gasteiger partial charge is 0.0703 e. The molecule has 0 saturated carbocycles. The minimum Gasteiger partial charge on any atom is -0.379 e. The van der Waals surface area contributed by atoms with Gasteiger partial charge in [0.25, 0.3) is 0 Å². The monoisotopic (exact) mass is 622 g/mol. The zero-order chi connectivity index (χ0) is 25.5. The second kappa shape index (κ2) is 32.4. The SMILES string of the molecule is CC(C)OCCOCCOCCOCCOCCOCCOCCOCCOCCCCCCI. The van der Waals surface area contributed by atoms with Crippen LogP contribution >= 0.6 is 22.6 Å². The van der Waals surface area contributed by atoms with Gasteiger partial charge in [-0.2, -0.15) is 0 Å². The third-order valence-corrected chi connectivity index (χ3v) is 5.22. The van der Waals surface area contributed by atoms with Crippen LogP contribution in [-0.2, 0) is 42.6 Å². The Bertz CT molecular complexity index is 379. The molecule has 0 radical (unpaired) electrons. The molecule has 0 amide bonds. The lowest BCUT2D eigenvalue weighted by atomic mass is 10.2. The van der Waals surface area contributed by atoms with Crippen LogP contribution in [0.5, 0.6) is 0 Å². The zero-order valence-electron chi connectivity index (χ0n) is 22.2. The minimum absolute atomic E-state index is 0.240. The molecule has 0 fully saturated rings. The Balaban J connectivity index is 3.01. The Kier molecular flexibility index (Phi) is 32.7. The maximum absolute atomic E-state index is 5.55. The van der Waals surface area contributed by atoms with E-state index in [-0.39, 0.29) is 6.10 Å². The standard InChI is InChI=1S/C25H51IO9/c1-25(2)35-24-23-34-22-21-33-20-19-32-18-17-31-16-15-30-14-13-29-12-11-28-10-9-27-8-6-4-3-5-7-26/h25H,3-24H2,1-2H3. The van der Waals surface area contributed by atoms with E-state index in [9.17, 15) is 0 Å². The van der Waals surface area contributed by atoms with E-state index in [0.29, 0.717) is 106 Å². The Hall–Kier alpha value is 0.370. The van der Waals surface area contributed by atoms with Gasteiger partial charge in [0.1, 0.15) is 0 Å². The van der Waals surface area contributed by atoms with Crippen LogP contribution in [-0.4, -0.2) is 123 Å². The summed E-state index contributed by atoms with van der Waals surface area (Å²) in [4.78, 5) is 0. The maximum Gasteiger partial charge on any atom is 0.0703 e. The Morgan fingerprint density at radius 2 is 0.657 bits per heavy atom. The highest BCUT2D eigenvalue weighted by Gasteiger charge is 1.96. The predicted molar refractivity (Wildman–Crippen MR) is 145 cm³/mol. The van der Waals surface area contributed by atoms with Crippen molar-refractivity contribution in [2.45, 2.75) is 45.6 Å². The van der Waals surface area contributed by atoms with Gasteiger partial charge < -0.3 is 42.6 Å². The molecule has 0 unspecified atom stereocenters. The van der Waals surface area contributed by atoms with E-state index in [0.717, 1.165) is 13.0 Å². The molecule has 0 atom stereocenters. The highest BCUT2D eigenvalue weighted by atomic mass is 127. The first-order valence-electron chi connectivity index (χ1n) is 13.1. The van der Waals surface area contributed by atoms with Gasteiger partial charge in [-0.3, -0.25) is 0 Å².